The number of aryl methyl sites for hydroxylation is 1. The highest BCUT2D eigenvalue weighted by Gasteiger charge is 2.35. The van der Waals surface area contributed by atoms with Gasteiger partial charge < -0.3 is 20.1 Å². The number of allylic oxidation sites excluding steroid dienone is 1. The van der Waals surface area contributed by atoms with Crippen LogP contribution in [-0.2, 0) is 17.2 Å². The summed E-state index contributed by atoms with van der Waals surface area (Å²) in [5.41, 5.74) is 5.44. The second-order valence-electron chi connectivity index (χ2n) is 11.1. The van der Waals surface area contributed by atoms with Gasteiger partial charge in [-0.2, -0.15) is 4.98 Å². The molecule has 0 bridgehead atoms. The van der Waals surface area contributed by atoms with E-state index < -0.39 is 6.04 Å². The minimum Gasteiger partial charge on any atom is -0.490 e. The normalized spacial score (nSPS) is 13.9. The first kappa shape index (κ1) is 33.9. The second kappa shape index (κ2) is 15.1. The molecule has 1 unspecified atom stereocenters. The number of rotatable bonds is 11. The molecule has 0 saturated carbocycles. The number of fused-ring (bicyclic) bond motifs is 1. The molecular formula is C36H32BrCl2N5O3S. The SMILES string of the molecule is CCOc1cc(C2C(C(=O)Nc3cccc(C)c3)=C(C)Nc3nc(SCc4ccccc4Cl)nn32)cc(Br)c1OCc1ccccc1Cl. The Kier molecular flexibility index (Phi) is 10.7. The van der Waals surface area contributed by atoms with Crippen molar-refractivity contribution in [3.8, 4) is 11.5 Å². The van der Waals surface area contributed by atoms with E-state index in [1.54, 1.807) is 4.68 Å². The van der Waals surface area contributed by atoms with Crippen LogP contribution >= 0.6 is 50.9 Å². The summed E-state index contributed by atoms with van der Waals surface area (Å²) in [6.45, 7) is 6.40. The maximum absolute atomic E-state index is 14.1. The van der Waals surface area contributed by atoms with Crippen molar-refractivity contribution in [3.05, 3.63) is 133 Å². The highest BCUT2D eigenvalue weighted by Crippen LogP contribution is 2.44. The van der Waals surface area contributed by atoms with E-state index >= 15 is 0 Å². The van der Waals surface area contributed by atoms with Crippen molar-refractivity contribution in [3.63, 3.8) is 0 Å². The van der Waals surface area contributed by atoms with E-state index in [1.165, 1.54) is 11.8 Å². The Morgan fingerprint density at radius 3 is 2.42 bits per heavy atom. The van der Waals surface area contributed by atoms with Crippen LogP contribution in [-0.4, -0.2) is 27.3 Å². The van der Waals surface area contributed by atoms with Crippen molar-refractivity contribution in [2.24, 2.45) is 0 Å². The Morgan fingerprint density at radius 2 is 1.71 bits per heavy atom. The lowest BCUT2D eigenvalue weighted by molar-refractivity contribution is -0.113. The molecule has 4 aromatic carbocycles. The van der Waals surface area contributed by atoms with Gasteiger partial charge in [0.15, 0.2) is 11.5 Å². The highest BCUT2D eigenvalue weighted by molar-refractivity contribution is 9.10. The van der Waals surface area contributed by atoms with E-state index in [9.17, 15) is 4.79 Å². The molecule has 0 spiro atoms. The molecule has 0 radical (unpaired) electrons. The number of aromatic nitrogens is 3. The number of hydrogen-bond donors (Lipinski definition) is 2. The van der Waals surface area contributed by atoms with Crippen molar-refractivity contribution in [1.29, 1.82) is 0 Å². The fourth-order valence-electron chi connectivity index (χ4n) is 5.39. The molecule has 12 heteroatoms. The van der Waals surface area contributed by atoms with Crippen LogP contribution < -0.4 is 20.1 Å². The summed E-state index contributed by atoms with van der Waals surface area (Å²) in [6, 6.07) is 26.1. The highest BCUT2D eigenvalue weighted by atomic mass is 79.9. The molecule has 0 fully saturated rings. The van der Waals surface area contributed by atoms with Gasteiger partial charge in [-0.05, 0) is 89.8 Å². The summed E-state index contributed by atoms with van der Waals surface area (Å²) < 4.78 is 14.8. The molecule has 48 heavy (non-hydrogen) atoms. The largest absolute Gasteiger partial charge is 0.490 e. The Balaban J connectivity index is 1.39. The number of ether oxygens (including phenoxy) is 2. The van der Waals surface area contributed by atoms with Crippen LogP contribution in [0.15, 0.2) is 106 Å². The Bertz CT molecular complexity index is 2020. The predicted octanol–water partition coefficient (Wildman–Crippen LogP) is 9.85. The number of carbonyl (C=O) groups is 1. The number of nitrogens with one attached hydrogen (secondary N) is 2. The average Bonchev–Trinajstić information content (AvgIpc) is 3.46. The molecular weight excluding hydrogens is 733 g/mol. The van der Waals surface area contributed by atoms with Gasteiger partial charge in [0.2, 0.25) is 11.1 Å². The Hall–Kier alpha value is -3.96. The standard InChI is InChI=1S/C36H32BrCl2N5O3S/c1-4-46-30-18-25(17-27(37)33(30)47-19-23-11-5-7-14-28(23)38)32-31(34(45)41-26-13-9-10-21(2)16-26)22(3)40-35-42-36(43-44(32)35)48-20-24-12-6-8-15-29(24)39/h5-18,32H,4,19-20H2,1-3H3,(H,41,45)(H,40,42,43). The van der Waals surface area contributed by atoms with Crippen LogP contribution in [0, 0.1) is 6.92 Å². The number of thioether (sulfide) groups is 1. The van der Waals surface area contributed by atoms with E-state index in [0.717, 1.165) is 22.3 Å². The van der Waals surface area contributed by atoms with Gasteiger partial charge in [-0.15, -0.1) is 5.10 Å². The average molecular weight is 766 g/mol. The molecule has 6 rings (SSSR count). The lowest BCUT2D eigenvalue weighted by Gasteiger charge is -2.29. The lowest BCUT2D eigenvalue weighted by atomic mass is 9.94. The topological polar surface area (TPSA) is 90.3 Å². The molecule has 1 aliphatic heterocycles. The van der Waals surface area contributed by atoms with E-state index in [2.05, 4.69) is 26.6 Å². The number of hydrogen-bond acceptors (Lipinski definition) is 7. The van der Waals surface area contributed by atoms with Crippen molar-refractivity contribution >= 4 is 68.4 Å². The first-order chi connectivity index (χ1) is 23.2. The second-order valence-corrected chi connectivity index (χ2v) is 13.7. The molecule has 8 nitrogen and oxygen atoms in total. The van der Waals surface area contributed by atoms with Gasteiger partial charge in [0, 0.05) is 32.7 Å². The zero-order chi connectivity index (χ0) is 33.8. The minimum absolute atomic E-state index is 0.243. The summed E-state index contributed by atoms with van der Waals surface area (Å²) in [7, 11) is 0. The number of benzene rings is 4. The third-order valence-corrected chi connectivity index (χ3v) is 9.86. The van der Waals surface area contributed by atoms with Crippen molar-refractivity contribution in [2.75, 3.05) is 17.2 Å². The van der Waals surface area contributed by atoms with Crippen molar-refractivity contribution in [2.45, 2.75) is 44.3 Å². The molecule has 1 amide bonds. The van der Waals surface area contributed by atoms with Crippen LogP contribution in [0.5, 0.6) is 11.5 Å². The first-order valence-corrected chi connectivity index (χ1v) is 17.8. The predicted molar refractivity (Wildman–Crippen MR) is 196 cm³/mol. The molecule has 0 saturated heterocycles. The van der Waals surface area contributed by atoms with Crippen LogP contribution in [0.4, 0.5) is 11.6 Å². The maximum atomic E-state index is 14.1. The van der Waals surface area contributed by atoms with Crippen molar-refractivity contribution < 1.29 is 14.3 Å². The number of carbonyl (C=O) groups excluding carboxylic acids is 1. The van der Waals surface area contributed by atoms with Gasteiger partial charge >= 0.3 is 0 Å². The van der Waals surface area contributed by atoms with Crippen LogP contribution in [0.25, 0.3) is 0 Å². The lowest BCUT2D eigenvalue weighted by Crippen LogP contribution is -2.31. The van der Waals surface area contributed by atoms with Gasteiger partial charge in [0.05, 0.1) is 16.7 Å². The molecule has 2 heterocycles. The number of halogens is 3. The first-order valence-electron chi connectivity index (χ1n) is 15.2. The van der Waals surface area contributed by atoms with Gasteiger partial charge in [0.1, 0.15) is 12.6 Å². The maximum Gasteiger partial charge on any atom is 0.255 e. The van der Waals surface area contributed by atoms with Gasteiger partial charge in [0.25, 0.3) is 5.91 Å². The summed E-state index contributed by atoms with van der Waals surface area (Å²) in [4.78, 5) is 18.9. The minimum atomic E-state index is -0.652. The monoisotopic (exact) mass is 763 g/mol. The number of amides is 1. The van der Waals surface area contributed by atoms with E-state index in [-0.39, 0.29) is 12.5 Å². The fraction of sp³-hybridized carbons (Fsp3) is 0.194. The molecule has 1 atom stereocenters. The van der Waals surface area contributed by atoms with E-state index in [0.29, 0.717) is 66.4 Å². The third-order valence-electron chi connectivity index (χ3n) is 7.65. The van der Waals surface area contributed by atoms with E-state index in [4.69, 9.17) is 42.8 Å². The summed E-state index contributed by atoms with van der Waals surface area (Å²) in [6.07, 6.45) is 0. The van der Waals surface area contributed by atoms with Crippen LogP contribution in [0.2, 0.25) is 10.0 Å². The zero-order valence-corrected chi connectivity index (χ0v) is 30.3. The van der Waals surface area contributed by atoms with Gasteiger partial charge in [-0.3, -0.25) is 4.79 Å². The number of anilines is 2. The molecule has 0 aliphatic carbocycles. The molecule has 246 valence electrons. The van der Waals surface area contributed by atoms with E-state index in [1.807, 2.05) is 106 Å². The van der Waals surface area contributed by atoms with Crippen molar-refractivity contribution in [1.82, 2.24) is 14.8 Å². The molecule has 2 N–H and O–H groups in total. The van der Waals surface area contributed by atoms with Gasteiger partial charge in [-0.25, -0.2) is 4.68 Å². The summed E-state index contributed by atoms with van der Waals surface area (Å²) >= 11 is 18.0. The number of nitrogens with zero attached hydrogens (tertiary/aromatic N) is 3. The smallest absolute Gasteiger partial charge is 0.255 e. The quantitative estimate of drug-likeness (QED) is 0.130. The fourth-order valence-corrected chi connectivity index (χ4v) is 7.27. The van der Waals surface area contributed by atoms with Crippen LogP contribution in [0.1, 0.15) is 42.1 Å². The molecule has 1 aromatic heterocycles. The Labute approximate surface area is 302 Å². The summed E-state index contributed by atoms with van der Waals surface area (Å²) in [5.74, 6) is 1.86. The van der Waals surface area contributed by atoms with Gasteiger partial charge in [-0.1, -0.05) is 83.5 Å². The Morgan fingerprint density at radius 1 is 0.979 bits per heavy atom. The van der Waals surface area contributed by atoms with Crippen LogP contribution in [0.3, 0.4) is 0 Å². The molecule has 5 aromatic rings. The third kappa shape index (κ3) is 7.52. The molecule has 1 aliphatic rings. The zero-order valence-electron chi connectivity index (χ0n) is 26.4. The summed E-state index contributed by atoms with van der Waals surface area (Å²) in [5, 5.41) is 13.1.